The second kappa shape index (κ2) is 7.00. The number of ether oxygens (including phenoxy) is 1. The second-order valence-corrected chi connectivity index (χ2v) is 5.03. The highest BCUT2D eigenvalue weighted by Crippen LogP contribution is 2.22. The number of halogens is 1. The minimum absolute atomic E-state index is 0.124. The monoisotopic (exact) mass is 322 g/mol. The van der Waals surface area contributed by atoms with Crippen LogP contribution in [0.1, 0.15) is 29.1 Å². The predicted octanol–water partition coefficient (Wildman–Crippen LogP) is 2.29. The van der Waals surface area contributed by atoms with E-state index >= 15 is 0 Å². The summed E-state index contributed by atoms with van der Waals surface area (Å²) in [5.74, 6) is -0.188. The third-order valence-electron chi connectivity index (χ3n) is 2.91. The molecule has 0 saturated heterocycles. The molecule has 2 rings (SSSR count). The average Bonchev–Trinajstić information content (AvgIpc) is 3.00. The number of rotatable bonds is 6. The van der Waals surface area contributed by atoms with Crippen LogP contribution in [0, 0.1) is 0 Å². The molecule has 2 aromatic rings. The maximum atomic E-state index is 11.9. The summed E-state index contributed by atoms with van der Waals surface area (Å²) < 4.78 is 10.5. The van der Waals surface area contributed by atoms with Gasteiger partial charge < -0.3 is 20.2 Å². The SMILES string of the molecule is C[C@H](NC(=O)COc1ccc(Cl)cc1C(N)=O)c1ccco1. The number of hydrogen-bond acceptors (Lipinski definition) is 4. The molecule has 1 aromatic heterocycles. The highest BCUT2D eigenvalue weighted by molar-refractivity contribution is 6.31. The highest BCUT2D eigenvalue weighted by atomic mass is 35.5. The molecule has 0 aliphatic heterocycles. The molecule has 0 saturated carbocycles. The van der Waals surface area contributed by atoms with Crippen LogP contribution >= 0.6 is 11.6 Å². The van der Waals surface area contributed by atoms with Crippen molar-refractivity contribution in [2.75, 3.05) is 6.61 Å². The van der Waals surface area contributed by atoms with Crippen LogP contribution in [-0.4, -0.2) is 18.4 Å². The summed E-state index contributed by atoms with van der Waals surface area (Å²) in [6.45, 7) is 1.53. The fourth-order valence-electron chi connectivity index (χ4n) is 1.86. The minimum atomic E-state index is -0.679. The van der Waals surface area contributed by atoms with Gasteiger partial charge in [-0.1, -0.05) is 11.6 Å². The molecule has 0 fully saturated rings. The van der Waals surface area contributed by atoms with E-state index in [9.17, 15) is 9.59 Å². The molecule has 6 nitrogen and oxygen atoms in total. The molecule has 1 atom stereocenters. The Labute approximate surface area is 132 Å². The van der Waals surface area contributed by atoms with Gasteiger partial charge in [-0.15, -0.1) is 0 Å². The third kappa shape index (κ3) is 4.02. The molecule has 0 aliphatic carbocycles. The van der Waals surface area contributed by atoms with Crippen LogP contribution in [-0.2, 0) is 4.79 Å². The Kier molecular flexibility index (Phi) is 5.06. The molecule has 3 N–H and O–H groups in total. The molecule has 0 spiro atoms. The van der Waals surface area contributed by atoms with Crippen molar-refractivity contribution in [1.29, 1.82) is 0 Å². The Morgan fingerprint density at radius 3 is 2.82 bits per heavy atom. The molecule has 2 amide bonds. The van der Waals surface area contributed by atoms with Crippen molar-refractivity contribution in [1.82, 2.24) is 5.32 Å². The van der Waals surface area contributed by atoms with Crippen molar-refractivity contribution in [3.63, 3.8) is 0 Å². The van der Waals surface area contributed by atoms with E-state index < -0.39 is 5.91 Å². The fraction of sp³-hybridized carbons (Fsp3) is 0.200. The van der Waals surface area contributed by atoms with Gasteiger partial charge in [0.2, 0.25) is 0 Å². The first-order valence-corrected chi connectivity index (χ1v) is 6.90. The van der Waals surface area contributed by atoms with Crippen LogP contribution in [0.5, 0.6) is 5.75 Å². The lowest BCUT2D eigenvalue weighted by molar-refractivity contribution is -0.123. The summed E-state index contributed by atoms with van der Waals surface area (Å²) >= 11 is 5.80. The zero-order valence-corrected chi connectivity index (χ0v) is 12.6. The molecule has 116 valence electrons. The largest absolute Gasteiger partial charge is 0.483 e. The Hall–Kier alpha value is -2.47. The molecule has 1 aromatic carbocycles. The van der Waals surface area contributed by atoms with Crippen molar-refractivity contribution >= 4 is 23.4 Å². The summed E-state index contributed by atoms with van der Waals surface area (Å²) in [7, 11) is 0. The number of nitrogens with two attached hydrogens (primary N) is 1. The van der Waals surface area contributed by atoms with E-state index in [1.165, 1.54) is 18.4 Å². The van der Waals surface area contributed by atoms with E-state index in [4.69, 9.17) is 26.5 Å². The number of carbonyl (C=O) groups is 2. The van der Waals surface area contributed by atoms with E-state index in [1.807, 2.05) is 0 Å². The topological polar surface area (TPSA) is 94.6 Å². The molecular formula is C15H15ClN2O4. The van der Waals surface area contributed by atoms with E-state index in [1.54, 1.807) is 25.1 Å². The van der Waals surface area contributed by atoms with Gasteiger partial charge in [-0.05, 0) is 37.3 Å². The molecule has 0 unspecified atom stereocenters. The lowest BCUT2D eigenvalue weighted by atomic mass is 10.2. The Morgan fingerprint density at radius 1 is 1.41 bits per heavy atom. The number of amides is 2. The smallest absolute Gasteiger partial charge is 0.258 e. The van der Waals surface area contributed by atoms with Gasteiger partial charge in [0.1, 0.15) is 11.5 Å². The third-order valence-corrected chi connectivity index (χ3v) is 3.15. The lowest BCUT2D eigenvalue weighted by Gasteiger charge is -2.13. The summed E-state index contributed by atoms with van der Waals surface area (Å²) in [6, 6.07) is 7.64. The first-order valence-electron chi connectivity index (χ1n) is 6.52. The molecule has 7 heteroatoms. The van der Waals surface area contributed by atoms with Crippen LogP contribution in [0.3, 0.4) is 0 Å². The first-order chi connectivity index (χ1) is 10.5. The Morgan fingerprint density at radius 2 is 2.18 bits per heavy atom. The number of carbonyl (C=O) groups excluding carboxylic acids is 2. The molecule has 1 heterocycles. The zero-order valence-electron chi connectivity index (χ0n) is 11.8. The molecule has 22 heavy (non-hydrogen) atoms. The summed E-state index contributed by atoms with van der Waals surface area (Å²) in [5.41, 5.74) is 5.37. The number of hydrogen-bond donors (Lipinski definition) is 2. The number of nitrogens with one attached hydrogen (secondary N) is 1. The van der Waals surface area contributed by atoms with Crippen LogP contribution in [0.15, 0.2) is 41.0 Å². The van der Waals surface area contributed by atoms with Gasteiger partial charge in [0, 0.05) is 5.02 Å². The Bertz CT molecular complexity index is 670. The normalized spacial score (nSPS) is 11.7. The van der Waals surface area contributed by atoms with Gasteiger partial charge in [0.25, 0.3) is 11.8 Å². The van der Waals surface area contributed by atoms with Crippen LogP contribution in [0.2, 0.25) is 5.02 Å². The quantitative estimate of drug-likeness (QED) is 0.853. The number of furan rings is 1. The van der Waals surface area contributed by atoms with Gasteiger partial charge in [0.05, 0.1) is 17.9 Å². The van der Waals surface area contributed by atoms with E-state index in [0.29, 0.717) is 10.8 Å². The Balaban J connectivity index is 1.95. The summed E-state index contributed by atoms with van der Waals surface area (Å²) in [4.78, 5) is 23.2. The van der Waals surface area contributed by atoms with E-state index in [0.717, 1.165) is 0 Å². The van der Waals surface area contributed by atoms with Crippen molar-refractivity contribution in [3.05, 3.63) is 52.9 Å². The first kappa shape index (κ1) is 15.9. The molecular weight excluding hydrogens is 308 g/mol. The van der Waals surface area contributed by atoms with Crippen molar-refractivity contribution in [3.8, 4) is 5.75 Å². The van der Waals surface area contributed by atoms with Crippen molar-refractivity contribution in [2.24, 2.45) is 5.73 Å². The second-order valence-electron chi connectivity index (χ2n) is 4.60. The number of primary amides is 1. The van der Waals surface area contributed by atoms with Crippen LogP contribution in [0.25, 0.3) is 0 Å². The lowest BCUT2D eigenvalue weighted by Crippen LogP contribution is -2.31. The highest BCUT2D eigenvalue weighted by Gasteiger charge is 2.14. The molecule has 0 bridgehead atoms. The maximum Gasteiger partial charge on any atom is 0.258 e. The average molecular weight is 323 g/mol. The predicted molar refractivity (Wildman–Crippen MR) is 80.7 cm³/mol. The standard InChI is InChI=1S/C15H15ClN2O4/c1-9(12-3-2-6-21-12)18-14(19)8-22-13-5-4-10(16)7-11(13)15(17)20/h2-7,9H,8H2,1H3,(H2,17,20)(H,18,19)/t9-/m0/s1. The van der Waals surface area contributed by atoms with Gasteiger partial charge >= 0.3 is 0 Å². The van der Waals surface area contributed by atoms with Gasteiger partial charge in [-0.2, -0.15) is 0 Å². The van der Waals surface area contributed by atoms with E-state index in [2.05, 4.69) is 5.32 Å². The van der Waals surface area contributed by atoms with Gasteiger partial charge in [-0.25, -0.2) is 0 Å². The van der Waals surface area contributed by atoms with Crippen molar-refractivity contribution in [2.45, 2.75) is 13.0 Å². The van der Waals surface area contributed by atoms with Crippen LogP contribution < -0.4 is 15.8 Å². The van der Waals surface area contributed by atoms with Gasteiger partial charge in [0.15, 0.2) is 6.61 Å². The van der Waals surface area contributed by atoms with Crippen LogP contribution in [0.4, 0.5) is 0 Å². The molecule has 0 aliphatic rings. The zero-order chi connectivity index (χ0) is 16.1. The minimum Gasteiger partial charge on any atom is -0.483 e. The summed E-state index contributed by atoms with van der Waals surface area (Å²) in [5, 5.41) is 3.07. The van der Waals surface area contributed by atoms with Crippen molar-refractivity contribution < 1.29 is 18.7 Å². The fourth-order valence-corrected chi connectivity index (χ4v) is 2.03. The summed E-state index contributed by atoms with van der Waals surface area (Å²) in [6.07, 6.45) is 1.53. The van der Waals surface area contributed by atoms with E-state index in [-0.39, 0.29) is 29.9 Å². The maximum absolute atomic E-state index is 11.9. The van der Waals surface area contributed by atoms with Gasteiger partial charge in [-0.3, -0.25) is 9.59 Å². The molecule has 0 radical (unpaired) electrons. The number of benzene rings is 1.